The van der Waals surface area contributed by atoms with E-state index in [0.717, 1.165) is 24.3 Å². The number of nitrogens with one attached hydrogen (secondary N) is 3. The second kappa shape index (κ2) is 25.2. The zero-order valence-electron chi connectivity index (χ0n) is 32.5. The molecule has 0 aliphatic heterocycles. The zero-order valence-corrected chi connectivity index (χ0v) is 45.4. The summed E-state index contributed by atoms with van der Waals surface area (Å²) in [5, 5.41) is 27.9. The maximum absolute atomic E-state index is 12.6. The number of sulfone groups is 1. The van der Waals surface area contributed by atoms with Crippen molar-refractivity contribution in [2.24, 2.45) is 16.0 Å². The van der Waals surface area contributed by atoms with Crippen molar-refractivity contribution in [3.05, 3.63) is 72.0 Å². The summed E-state index contributed by atoms with van der Waals surface area (Å²) in [5.74, 6) is -1.26. The minimum Gasteiger partial charge on any atom is -0.744 e. The molecule has 0 bridgehead atoms. The molecule has 4 aromatic carbocycles. The number of fused-ring (bicyclic) bond motifs is 1. The van der Waals surface area contributed by atoms with Crippen LogP contribution < -0.4 is 145 Å². The number of anilines is 5. The van der Waals surface area contributed by atoms with Gasteiger partial charge in [-0.2, -0.15) is 19.3 Å². The normalized spacial score (nSPS) is 11.7. The molecule has 5 N–H and O–H groups in total. The number of carbonyl (C=O) groups is 1. The minimum atomic E-state index is -5.36. The minimum absolute atomic E-state index is 0. The van der Waals surface area contributed by atoms with Crippen LogP contribution >= 0.6 is 23.6 Å². The van der Waals surface area contributed by atoms with E-state index in [0.29, 0.717) is 6.07 Å². The van der Waals surface area contributed by atoms with Crippen molar-refractivity contribution in [2.45, 2.75) is 19.6 Å². The maximum Gasteiger partial charge on any atom is 1.00 e. The van der Waals surface area contributed by atoms with E-state index in [1.165, 1.54) is 36.4 Å². The Morgan fingerprint density at radius 2 is 1.37 bits per heavy atom. The van der Waals surface area contributed by atoms with Gasteiger partial charge in [0.1, 0.15) is 31.6 Å². The molecule has 0 atom stereocenters. The third-order valence-corrected chi connectivity index (χ3v) is 11.7. The van der Waals surface area contributed by atoms with Crippen LogP contribution in [0.5, 0.6) is 0 Å². The summed E-state index contributed by atoms with van der Waals surface area (Å²) in [7, 11) is -19.9. The van der Waals surface area contributed by atoms with Gasteiger partial charge in [0.25, 0.3) is 0 Å². The summed E-state index contributed by atoms with van der Waals surface area (Å²) in [6.45, 7) is -0.916. The maximum atomic E-state index is 12.6. The Kier molecular flexibility index (Phi) is 23.9. The molecule has 35 heteroatoms. The molecule has 25 nitrogen and oxygen atoms in total. The molecule has 0 unspecified atom stereocenters. The van der Waals surface area contributed by atoms with Gasteiger partial charge in [-0.3, -0.25) is 9.22 Å². The van der Waals surface area contributed by atoms with E-state index in [4.69, 9.17) is 17.3 Å². The summed E-state index contributed by atoms with van der Waals surface area (Å²) in [6, 6.07) is 11.1. The van der Waals surface area contributed by atoms with Gasteiger partial charge in [-0.25, -0.2) is 38.5 Å². The molecule has 0 aliphatic carbocycles. The predicted octanol–water partition coefficient (Wildman–Crippen LogP) is -9.62. The monoisotopic (exact) mass is 1020 g/mol. The quantitative estimate of drug-likeness (QED) is 0.0128. The first-order valence-corrected chi connectivity index (χ1v) is 22.1. The van der Waals surface area contributed by atoms with Crippen LogP contribution in [0.3, 0.4) is 0 Å². The second-order valence-electron chi connectivity index (χ2n) is 11.1. The van der Waals surface area contributed by atoms with Crippen LogP contribution in [0.15, 0.2) is 96.5 Å². The van der Waals surface area contributed by atoms with Crippen LogP contribution in [-0.2, 0) is 54.0 Å². The molecule has 0 fully saturated rings. The molecule has 0 spiro atoms. The van der Waals surface area contributed by atoms with Crippen LogP contribution in [0.1, 0.15) is 0 Å². The summed E-state index contributed by atoms with van der Waals surface area (Å²) < 4.78 is 138. The van der Waals surface area contributed by atoms with E-state index >= 15 is 0 Å². The fourth-order valence-corrected chi connectivity index (χ4v) is 8.35. The number of urea groups is 1. The molecular formula is C28H20ClN9Na4O16S5. The van der Waals surface area contributed by atoms with E-state index in [1.54, 1.807) is 0 Å². The third-order valence-electron chi connectivity index (χ3n) is 7.08. The van der Waals surface area contributed by atoms with Gasteiger partial charge in [0.2, 0.25) is 27.6 Å². The first-order chi connectivity index (χ1) is 27.5. The molecule has 0 saturated heterocycles. The van der Waals surface area contributed by atoms with Crippen molar-refractivity contribution in [2.75, 3.05) is 28.3 Å². The van der Waals surface area contributed by atoms with Gasteiger partial charge in [0.15, 0.2) is 9.84 Å². The van der Waals surface area contributed by atoms with Gasteiger partial charge in [-0.15, -0.1) is 10.2 Å². The number of amides is 2. The van der Waals surface area contributed by atoms with Crippen LogP contribution in [0, 0.1) is 0 Å². The summed E-state index contributed by atoms with van der Waals surface area (Å²) in [4.78, 5) is 21.5. The molecule has 314 valence electrons. The Morgan fingerprint density at radius 1 is 0.762 bits per heavy atom. The fourth-order valence-electron chi connectivity index (χ4n) is 4.80. The van der Waals surface area contributed by atoms with Gasteiger partial charge in [-0.05, 0) is 77.7 Å². The summed E-state index contributed by atoms with van der Waals surface area (Å²) >= 11 is 6.27. The average molecular weight is 1030 g/mol. The fraction of sp³-hybridized carbons (Fsp3) is 0.0714. The van der Waals surface area contributed by atoms with Crippen LogP contribution in [0.4, 0.5) is 45.1 Å². The largest absolute Gasteiger partial charge is 1.00 e. The molecule has 0 saturated carbocycles. The smallest absolute Gasteiger partial charge is 0.744 e. The number of nitrogens with two attached hydrogens (primary N) is 1. The Bertz CT molecular complexity index is 2970. The number of azo groups is 1. The number of nitrogens with zero attached hydrogens (tertiary/aromatic N) is 5. The van der Waals surface area contributed by atoms with E-state index < -0.39 is 79.7 Å². The number of carbonyl (C=O) groups excluding carboxylic acids is 1. The SMILES string of the molecule is NC(=O)Nc1cc(Nc2nc(Cl)nc(Nc3cccc(S(=O)(=O)CCOS(=O)(=O)[O-])c3)n2)ccc1N=Nc1cc2c(S(=O)(=O)[O-])cc(SOO[O-])cc2cc1S(=O)(=O)[O-].[Na+].[Na+].[Na+].[Na+]. The standard InChI is InChI=1S/C28H24ClN9O16S5.4Na/c29-25-34-27(31-15-2-1-3-18(10-15)56(41,42)7-6-52-59(49,50)51)36-28(35-25)32-16-4-5-20(21(11-16)33-26(30)39)37-38-22-13-19-14(9-24(22)58(46,47)48)8-17(55-54-53-40)12-23(19)57(43,44)45;;;;/h1-5,8-13,40H,6-7H2,(H3,30,33,39)(H,43,44,45)(H,46,47,48)(H,49,50,51)(H2,31,32,34,35,36);;;;/q;4*+1/p-4. The summed E-state index contributed by atoms with van der Waals surface area (Å²) in [5.41, 5.74) is 4.43. The number of hydrogen-bond acceptors (Lipinski definition) is 24. The van der Waals surface area contributed by atoms with Gasteiger partial charge < -0.3 is 40.6 Å². The van der Waals surface area contributed by atoms with Gasteiger partial charge in [0, 0.05) is 21.7 Å². The molecule has 2 amide bonds. The van der Waals surface area contributed by atoms with Crippen molar-refractivity contribution in [3.63, 3.8) is 0 Å². The predicted molar refractivity (Wildman–Crippen MR) is 197 cm³/mol. The van der Waals surface area contributed by atoms with Crippen molar-refractivity contribution in [3.8, 4) is 0 Å². The van der Waals surface area contributed by atoms with E-state index in [1.807, 2.05) is 0 Å². The number of benzene rings is 4. The van der Waals surface area contributed by atoms with Gasteiger partial charge in [0.05, 0.1) is 44.8 Å². The van der Waals surface area contributed by atoms with Gasteiger partial charge in [-0.1, -0.05) is 6.07 Å². The van der Waals surface area contributed by atoms with E-state index in [9.17, 15) is 57.4 Å². The number of aromatic nitrogens is 3. The summed E-state index contributed by atoms with van der Waals surface area (Å²) in [6.07, 6.45) is 0. The third kappa shape index (κ3) is 17.7. The Labute approximate surface area is 455 Å². The molecular weight excluding hydrogens is 1010 g/mol. The Hall–Kier alpha value is -1.22. The zero-order chi connectivity index (χ0) is 43.3. The van der Waals surface area contributed by atoms with Gasteiger partial charge >= 0.3 is 124 Å². The average Bonchev–Trinajstić information content (AvgIpc) is 3.11. The van der Waals surface area contributed by atoms with Crippen LogP contribution in [0.2, 0.25) is 5.28 Å². The molecule has 5 aromatic rings. The van der Waals surface area contributed by atoms with E-state index in [2.05, 4.69) is 54.7 Å². The van der Waals surface area contributed by atoms with Crippen LogP contribution in [-0.4, -0.2) is 80.7 Å². The molecule has 1 heterocycles. The second-order valence-corrected chi connectivity index (χ2v) is 18.1. The van der Waals surface area contributed by atoms with Crippen molar-refractivity contribution in [1.29, 1.82) is 0 Å². The molecule has 0 aliphatic rings. The molecule has 0 radical (unpaired) electrons. The first-order valence-electron chi connectivity index (χ1n) is 15.2. The molecule has 5 rings (SSSR count). The van der Waals surface area contributed by atoms with Crippen molar-refractivity contribution >= 4 is 121 Å². The Balaban J connectivity index is 0.00000496. The number of rotatable bonds is 17. The molecule has 63 heavy (non-hydrogen) atoms. The van der Waals surface area contributed by atoms with Crippen molar-refractivity contribution < 1.29 is 189 Å². The van der Waals surface area contributed by atoms with E-state index in [-0.39, 0.29) is 185 Å². The van der Waals surface area contributed by atoms with Crippen molar-refractivity contribution in [1.82, 2.24) is 15.0 Å². The molecule has 1 aromatic heterocycles. The topological polar surface area (TPSA) is 399 Å². The number of hydrogen-bond donors (Lipinski definition) is 4. The number of halogens is 1. The first kappa shape index (κ1) is 59.8. The number of primary amides is 1. The Morgan fingerprint density at radius 3 is 1.94 bits per heavy atom. The van der Waals surface area contributed by atoms with Crippen LogP contribution in [0.25, 0.3) is 10.8 Å².